The van der Waals surface area contributed by atoms with Crippen molar-refractivity contribution in [1.29, 1.82) is 5.26 Å². The molecular weight excluding hydrogens is 438 g/mol. The molecule has 3 aromatic rings. The minimum atomic E-state index is 0.0408. The molecule has 2 aromatic heterocycles. The smallest absolute Gasteiger partial charge is 0.225 e. The summed E-state index contributed by atoms with van der Waals surface area (Å²) in [6, 6.07) is 12.8. The van der Waals surface area contributed by atoms with Crippen LogP contribution in [0.2, 0.25) is 0 Å². The number of piperazine rings is 1. The van der Waals surface area contributed by atoms with E-state index in [4.69, 9.17) is 9.72 Å². The van der Waals surface area contributed by atoms with Crippen LogP contribution in [0, 0.1) is 18.3 Å². The zero-order chi connectivity index (χ0) is 24.5. The first-order valence-corrected chi connectivity index (χ1v) is 12.3. The SMILES string of the molecule is COCCC(=O)N1CCN(c2nc(C3CC3)c(-c3cccc4cnc(C)cc34)cc2C#N)CC1C. The minimum absolute atomic E-state index is 0.0408. The van der Waals surface area contributed by atoms with Gasteiger partial charge in [-0.15, -0.1) is 0 Å². The number of nitrogens with zero attached hydrogens (tertiary/aromatic N) is 5. The molecule has 0 spiro atoms. The van der Waals surface area contributed by atoms with Gasteiger partial charge >= 0.3 is 0 Å². The Labute approximate surface area is 206 Å². The lowest BCUT2D eigenvalue weighted by Crippen LogP contribution is -2.54. The third-order valence-electron chi connectivity index (χ3n) is 7.07. The Morgan fingerprint density at radius 1 is 1.23 bits per heavy atom. The third-order valence-corrected chi connectivity index (χ3v) is 7.07. The maximum Gasteiger partial charge on any atom is 0.225 e. The molecule has 1 saturated carbocycles. The van der Waals surface area contributed by atoms with Gasteiger partial charge in [0.25, 0.3) is 0 Å². The van der Waals surface area contributed by atoms with Gasteiger partial charge in [-0.3, -0.25) is 9.78 Å². The maximum absolute atomic E-state index is 12.6. The Bertz CT molecular complexity index is 1310. The standard InChI is InChI=1S/C28H31N5O2/c1-18-13-24-21(16-30-18)5-4-6-23(24)25-14-22(15-29)28(31-27(25)20-7-8-20)32-10-11-33(19(2)17-32)26(34)9-12-35-3/h4-6,13-14,16,19-20H,7-12,17H2,1-3H3. The predicted octanol–water partition coefficient (Wildman–Crippen LogP) is 4.43. The van der Waals surface area contributed by atoms with Crippen molar-refractivity contribution in [2.75, 3.05) is 38.3 Å². The fourth-order valence-corrected chi connectivity index (χ4v) is 5.09. The molecule has 180 valence electrons. The molecule has 2 fully saturated rings. The quantitative estimate of drug-likeness (QED) is 0.531. The number of rotatable bonds is 6. The van der Waals surface area contributed by atoms with Crippen molar-refractivity contribution in [1.82, 2.24) is 14.9 Å². The first-order chi connectivity index (χ1) is 17.0. The first-order valence-electron chi connectivity index (χ1n) is 12.3. The molecule has 1 aliphatic heterocycles. The summed E-state index contributed by atoms with van der Waals surface area (Å²) < 4.78 is 5.07. The van der Waals surface area contributed by atoms with E-state index in [1.54, 1.807) is 7.11 Å². The zero-order valence-electron chi connectivity index (χ0n) is 20.6. The first kappa shape index (κ1) is 23.3. The van der Waals surface area contributed by atoms with Crippen molar-refractivity contribution in [3.8, 4) is 17.2 Å². The summed E-state index contributed by atoms with van der Waals surface area (Å²) >= 11 is 0. The van der Waals surface area contributed by atoms with Gasteiger partial charge in [0.15, 0.2) is 0 Å². The van der Waals surface area contributed by atoms with E-state index < -0.39 is 0 Å². The molecule has 1 aliphatic carbocycles. The van der Waals surface area contributed by atoms with E-state index in [2.05, 4.69) is 41.1 Å². The summed E-state index contributed by atoms with van der Waals surface area (Å²) in [5.74, 6) is 1.28. The second-order valence-corrected chi connectivity index (χ2v) is 9.66. The van der Waals surface area contributed by atoms with Gasteiger partial charge in [-0.05, 0) is 49.8 Å². The van der Waals surface area contributed by atoms with Crippen LogP contribution in [-0.2, 0) is 9.53 Å². The number of amides is 1. The monoisotopic (exact) mass is 469 g/mol. The van der Waals surface area contributed by atoms with Gasteiger partial charge in [0.2, 0.25) is 5.91 Å². The molecule has 7 nitrogen and oxygen atoms in total. The van der Waals surface area contributed by atoms with Crippen LogP contribution in [0.1, 0.15) is 49.1 Å². The number of ether oxygens (including phenoxy) is 1. The van der Waals surface area contributed by atoms with E-state index in [1.807, 2.05) is 30.2 Å². The van der Waals surface area contributed by atoms with E-state index in [9.17, 15) is 10.1 Å². The topological polar surface area (TPSA) is 82.3 Å². The molecule has 0 bridgehead atoms. The maximum atomic E-state index is 12.6. The molecule has 1 atom stereocenters. The number of carbonyl (C=O) groups excluding carboxylic acids is 1. The fraction of sp³-hybridized carbons (Fsp3) is 0.429. The van der Waals surface area contributed by atoms with Crippen LogP contribution in [-0.4, -0.2) is 60.2 Å². The number of aromatic nitrogens is 2. The predicted molar refractivity (Wildman–Crippen MR) is 136 cm³/mol. The Morgan fingerprint density at radius 2 is 2.06 bits per heavy atom. The molecule has 0 radical (unpaired) electrons. The van der Waals surface area contributed by atoms with Crippen LogP contribution in [0.15, 0.2) is 36.5 Å². The Hall–Kier alpha value is -3.50. The van der Waals surface area contributed by atoms with Gasteiger partial charge in [-0.25, -0.2) is 4.98 Å². The Balaban J connectivity index is 1.52. The lowest BCUT2D eigenvalue weighted by atomic mass is 9.94. The van der Waals surface area contributed by atoms with Crippen LogP contribution in [0.3, 0.4) is 0 Å². The highest BCUT2D eigenvalue weighted by Crippen LogP contribution is 2.46. The second-order valence-electron chi connectivity index (χ2n) is 9.66. The molecule has 5 rings (SSSR count). The van der Waals surface area contributed by atoms with Gasteiger partial charge in [-0.2, -0.15) is 5.26 Å². The number of hydrogen-bond acceptors (Lipinski definition) is 6. The van der Waals surface area contributed by atoms with Crippen molar-refractivity contribution in [3.05, 3.63) is 53.5 Å². The number of anilines is 1. The number of benzene rings is 1. The van der Waals surface area contributed by atoms with E-state index in [-0.39, 0.29) is 11.9 Å². The summed E-state index contributed by atoms with van der Waals surface area (Å²) in [4.78, 5) is 26.3. The van der Waals surface area contributed by atoms with Crippen molar-refractivity contribution >= 4 is 22.5 Å². The third kappa shape index (κ3) is 4.59. The van der Waals surface area contributed by atoms with Crippen molar-refractivity contribution in [2.24, 2.45) is 0 Å². The molecular formula is C28H31N5O2. The van der Waals surface area contributed by atoms with Crippen LogP contribution in [0.25, 0.3) is 21.9 Å². The number of fused-ring (bicyclic) bond motifs is 1. The van der Waals surface area contributed by atoms with Gasteiger partial charge in [-0.1, -0.05) is 18.2 Å². The van der Waals surface area contributed by atoms with Crippen LogP contribution in [0.4, 0.5) is 5.82 Å². The number of aryl methyl sites for hydroxylation is 1. The van der Waals surface area contributed by atoms with Gasteiger partial charge in [0.1, 0.15) is 11.9 Å². The Morgan fingerprint density at radius 3 is 2.77 bits per heavy atom. The average molecular weight is 470 g/mol. The summed E-state index contributed by atoms with van der Waals surface area (Å²) in [5, 5.41) is 12.3. The Kier molecular flexibility index (Phi) is 6.40. The number of hydrogen-bond donors (Lipinski definition) is 0. The summed E-state index contributed by atoms with van der Waals surface area (Å²) in [6.45, 7) is 6.43. The van der Waals surface area contributed by atoms with Gasteiger partial charge < -0.3 is 14.5 Å². The second kappa shape index (κ2) is 9.63. The van der Waals surface area contributed by atoms with Crippen molar-refractivity contribution < 1.29 is 9.53 Å². The van der Waals surface area contributed by atoms with Crippen LogP contribution < -0.4 is 4.90 Å². The fourth-order valence-electron chi connectivity index (χ4n) is 5.09. The molecule has 1 saturated heterocycles. The van der Waals surface area contributed by atoms with E-state index >= 15 is 0 Å². The largest absolute Gasteiger partial charge is 0.384 e. The summed E-state index contributed by atoms with van der Waals surface area (Å²) in [6.07, 6.45) is 4.54. The van der Waals surface area contributed by atoms with Gasteiger partial charge in [0.05, 0.1) is 24.3 Å². The molecule has 3 heterocycles. The molecule has 0 N–H and O–H groups in total. The van der Waals surface area contributed by atoms with E-state index in [0.717, 1.165) is 51.9 Å². The van der Waals surface area contributed by atoms with E-state index in [0.29, 0.717) is 44.1 Å². The lowest BCUT2D eigenvalue weighted by Gasteiger charge is -2.41. The van der Waals surface area contributed by atoms with Crippen LogP contribution in [0.5, 0.6) is 0 Å². The minimum Gasteiger partial charge on any atom is -0.384 e. The lowest BCUT2D eigenvalue weighted by molar-refractivity contribution is -0.134. The molecule has 35 heavy (non-hydrogen) atoms. The molecule has 2 aliphatic rings. The average Bonchev–Trinajstić information content (AvgIpc) is 3.71. The summed E-state index contributed by atoms with van der Waals surface area (Å²) in [5.41, 5.74) is 4.78. The normalized spacial score (nSPS) is 18.1. The molecule has 1 amide bonds. The molecule has 1 aromatic carbocycles. The number of nitriles is 1. The molecule has 7 heteroatoms. The number of methoxy groups -OCH3 is 1. The zero-order valence-corrected chi connectivity index (χ0v) is 20.6. The van der Waals surface area contributed by atoms with Crippen LogP contribution >= 0.6 is 0 Å². The number of carbonyl (C=O) groups is 1. The van der Waals surface area contributed by atoms with E-state index in [1.165, 1.54) is 0 Å². The highest BCUT2D eigenvalue weighted by molar-refractivity contribution is 5.97. The summed E-state index contributed by atoms with van der Waals surface area (Å²) in [7, 11) is 1.61. The van der Waals surface area contributed by atoms with Crippen molar-refractivity contribution in [3.63, 3.8) is 0 Å². The van der Waals surface area contributed by atoms with Gasteiger partial charge in [0, 0.05) is 61.5 Å². The highest BCUT2D eigenvalue weighted by Gasteiger charge is 2.33. The van der Waals surface area contributed by atoms with Crippen molar-refractivity contribution in [2.45, 2.75) is 45.1 Å². The highest BCUT2D eigenvalue weighted by atomic mass is 16.5. The number of pyridine rings is 2. The molecule has 1 unspecified atom stereocenters.